The highest BCUT2D eigenvalue weighted by Crippen LogP contribution is 2.23. The summed E-state index contributed by atoms with van der Waals surface area (Å²) in [6, 6.07) is 11.7. The van der Waals surface area contributed by atoms with E-state index in [0.29, 0.717) is 11.6 Å². The molecule has 0 aliphatic carbocycles. The highest BCUT2D eigenvalue weighted by atomic mass is 32.1. The van der Waals surface area contributed by atoms with Gasteiger partial charge in [-0.1, -0.05) is 30.3 Å². The molecule has 0 radical (unpaired) electrons. The van der Waals surface area contributed by atoms with Crippen LogP contribution in [0.25, 0.3) is 16.8 Å². The average molecular weight is 325 g/mol. The molecule has 0 saturated heterocycles. The normalized spacial score (nSPS) is 11.0. The van der Waals surface area contributed by atoms with Gasteiger partial charge in [0.15, 0.2) is 0 Å². The smallest absolute Gasteiger partial charge is 0.331 e. The molecule has 0 N–H and O–H groups in total. The van der Waals surface area contributed by atoms with Gasteiger partial charge in [-0.05, 0) is 35.6 Å². The fourth-order valence-corrected chi connectivity index (χ4v) is 2.67. The topological polar surface area (TPSA) is 52.3 Å². The van der Waals surface area contributed by atoms with Gasteiger partial charge in [-0.25, -0.2) is 9.78 Å². The first-order valence-corrected chi connectivity index (χ1v) is 7.99. The Bertz CT molecular complexity index is 818. The van der Waals surface area contributed by atoms with Crippen molar-refractivity contribution in [1.29, 1.82) is 0 Å². The summed E-state index contributed by atoms with van der Waals surface area (Å²) in [5, 5.41) is 1.95. The van der Waals surface area contributed by atoms with Crippen LogP contribution >= 0.6 is 11.3 Å². The lowest BCUT2D eigenvalue weighted by Gasteiger charge is -1.99. The molecule has 0 spiro atoms. The van der Waals surface area contributed by atoms with Crippen molar-refractivity contribution in [3.05, 3.63) is 70.9 Å². The maximum atomic E-state index is 11.8. The van der Waals surface area contributed by atoms with E-state index in [0.717, 1.165) is 16.0 Å². The number of carbonyl (C=O) groups is 1. The molecular formula is C18H15NO3S. The van der Waals surface area contributed by atoms with Gasteiger partial charge in [-0.2, -0.15) is 0 Å². The Hall–Kier alpha value is -2.66. The van der Waals surface area contributed by atoms with Gasteiger partial charge in [0, 0.05) is 6.08 Å². The summed E-state index contributed by atoms with van der Waals surface area (Å²) < 4.78 is 10.6. The predicted molar refractivity (Wildman–Crippen MR) is 89.8 cm³/mol. The molecule has 0 atom stereocenters. The van der Waals surface area contributed by atoms with Crippen molar-refractivity contribution in [2.45, 2.75) is 13.5 Å². The van der Waals surface area contributed by atoms with E-state index in [1.807, 2.05) is 48.7 Å². The number of carbonyl (C=O) groups excluding carboxylic acids is 1. The van der Waals surface area contributed by atoms with Crippen LogP contribution in [0.2, 0.25) is 0 Å². The number of hydrogen-bond donors (Lipinski definition) is 0. The molecule has 0 bridgehead atoms. The summed E-state index contributed by atoms with van der Waals surface area (Å²) in [5.74, 6) is 0.135. The Labute approximate surface area is 138 Å². The summed E-state index contributed by atoms with van der Waals surface area (Å²) in [5.41, 5.74) is 2.69. The molecular weight excluding hydrogens is 310 g/mol. The fourth-order valence-electron chi connectivity index (χ4n) is 2.01. The summed E-state index contributed by atoms with van der Waals surface area (Å²) in [4.78, 5) is 17.0. The van der Waals surface area contributed by atoms with Gasteiger partial charge in [0.05, 0.1) is 4.88 Å². The monoisotopic (exact) mass is 325 g/mol. The molecule has 1 aromatic carbocycles. The summed E-state index contributed by atoms with van der Waals surface area (Å²) in [6.07, 6.45) is 4.67. The predicted octanol–water partition coefficient (Wildman–Crippen LogP) is 4.47. The fraction of sp³-hybridized carbons (Fsp3) is 0.111. The number of esters is 1. The van der Waals surface area contributed by atoms with Gasteiger partial charge in [0.1, 0.15) is 18.6 Å². The zero-order chi connectivity index (χ0) is 16.1. The van der Waals surface area contributed by atoms with Crippen molar-refractivity contribution in [1.82, 2.24) is 4.98 Å². The van der Waals surface area contributed by atoms with Crippen molar-refractivity contribution in [3.8, 4) is 10.8 Å². The lowest BCUT2D eigenvalue weighted by molar-refractivity contribution is -0.139. The van der Waals surface area contributed by atoms with Crippen molar-refractivity contribution in [3.63, 3.8) is 0 Å². The van der Waals surface area contributed by atoms with E-state index >= 15 is 0 Å². The van der Waals surface area contributed by atoms with Gasteiger partial charge in [-0.15, -0.1) is 11.3 Å². The number of hydrogen-bond acceptors (Lipinski definition) is 5. The van der Waals surface area contributed by atoms with E-state index in [9.17, 15) is 4.79 Å². The molecule has 3 aromatic rings. The largest absolute Gasteiger partial charge is 0.456 e. The van der Waals surface area contributed by atoms with Crippen LogP contribution in [0, 0.1) is 6.92 Å². The minimum atomic E-state index is -0.408. The molecule has 0 saturated carbocycles. The van der Waals surface area contributed by atoms with Crippen LogP contribution in [0.15, 0.2) is 58.5 Å². The van der Waals surface area contributed by atoms with Gasteiger partial charge in [-0.3, -0.25) is 0 Å². The third-order valence-corrected chi connectivity index (χ3v) is 4.09. The summed E-state index contributed by atoms with van der Waals surface area (Å²) in [6.45, 7) is 2.08. The molecule has 2 aromatic heterocycles. The van der Waals surface area contributed by atoms with Gasteiger partial charge in [0.2, 0.25) is 5.89 Å². The van der Waals surface area contributed by atoms with Crippen LogP contribution in [0.5, 0.6) is 0 Å². The number of benzene rings is 1. The zero-order valence-corrected chi connectivity index (χ0v) is 13.4. The van der Waals surface area contributed by atoms with Crippen LogP contribution in [-0.4, -0.2) is 11.0 Å². The third-order valence-electron chi connectivity index (χ3n) is 3.23. The van der Waals surface area contributed by atoms with E-state index in [1.165, 1.54) is 12.3 Å². The second kappa shape index (κ2) is 7.07. The van der Waals surface area contributed by atoms with Crippen molar-refractivity contribution < 1.29 is 13.9 Å². The van der Waals surface area contributed by atoms with E-state index < -0.39 is 5.97 Å². The maximum Gasteiger partial charge on any atom is 0.331 e. The van der Waals surface area contributed by atoms with Gasteiger partial charge >= 0.3 is 5.97 Å². The molecule has 116 valence electrons. The SMILES string of the molecule is Cc1ccccc1/C=C/C(=O)OCc1coc(-c2cccs2)n1. The Morgan fingerprint density at radius 2 is 2.17 bits per heavy atom. The number of thiophene rings is 1. The lowest BCUT2D eigenvalue weighted by Crippen LogP contribution is -2.01. The molecule has 0 unspecified atom stereocenters. The first kappa shape index (κ1) is 15.2. The minimum Gasteiger partial charge on any atom is -0.456 e. The summed E-state index contributed by atoms with van der Waals surface area (Å²) >= 11 is 1.55. The standard InChI is InChI=1S/C18H15NO3S/c1-13-5-2-3-6-14(13)8-9-17(20)21-11-15-12-22-18(19-15)16-7-4-10-23-16/h2-10,12H,11H2,1H3/b9-8+. The second-order valence-corrected chi connectivity index (χ2v) is 5.87. The molecule has 0 amide bonds. The molecule has 0 fully saturated rings. The number of ether oxygens (including phenoxy) is 1. The molecule has 23 heavy (non-hydrogen) atoms. The highest BCUT2D eigenvalue weighted by molar-refractivity contribution is 7.13. The van der Waals surface area contributed by atoms with Gasteiger partial charge < -0.3 is 9.15 Å². The summed E-state index contributed by atoms with van der Waals surface area (Å²) in [7, 11) is 0. The third kappa shape index (κ3) is 3.96. The molecule has 2 heterocycles. The maximum absolute atomic E-state index is 11.8. The van der Waals surface area contributed by atoms with Crippen LogP contribution in [-0.2, 0) is 16.1 Å². The first-order chi connectivity index (χ1) is 11.2. The molecule has 0 aliphatic heterocycles. The van der Waals surface area contributed by atoms with Crippen molar-refractivity contribution in [2.24, 2.45) is 0 Å². The Balaban J connectivity index is 1.56. The number of aromatic nitrogens is 1. The molecule has 0 aliphatic rings. The number of nitrogens with zero attached hydrogens (tertiary/aromatic N) is 1. The van der Waals surface area contributed by atoms with E-state index in [4.69, 9.17) is 9.15 Å². The minimum absolute atomic E-state index is 0.0891. The molecule has 4 nitrogen and oxygen atoms in total. The Morgan fingerprint density at radius 1 is 1.30 bits per heavy atom. The van der Waals surface area contributed by atoms with Crippen LogP contribution in [0.4, 0.5) is 0 Å². The van der Waals surface area contributed by atoms with Gasteiger partial charge in [0.25, 0.3) is 0 Å². The number of rotatable bonds is 5. The van der Waals surface area contributed by atoms with Crippen LogP contribution in [0.3, 0.4) is 0 Å². The Morgan fingerprint density at radius 3 is 2.96 bits per heavy atom. The van der Waals surface area contributed by atoms with Crippen molar-refractivity contribution >= 4 is 23.4 Å². The zero-order valence-electron chi connectivity index (χ0n) is 12.6. The second-order valence-electron chi connectivity index (χ2n) is 4.92. The highest BCUT2D eigenvalue weighted by Gasteiger charge is 2.08. The van der Waals surface area contributed by atoms with Crippen LogP contribution < -0.4 is 0 Å². The first-order valence-electron chi connectivity index (χ1n) is 7.11. The van der Waals surface area contributed by atoms with E-state index in [1.54, 1.807) is 17.4 Å². The lowest BCUT2D eigenvalue weighted by atomic mass is 10.1. The average Bonchev–Trinajstić information content (AvgIpc) is 3.23. The van der Waals surface area contributed by atoms with Crippen molar-refractivity contribution in [2.75, 3.05) is 0 Å². The Kier molecular flexibility index (Phi) is 4.68. The molecule has 5 heteroatoms. The quantitative estimate of drug-likeness (QED) is 0.513. The number of aryl methyl sites for hydroxylation is 1. The van der Waals surface area contributed by atoms with E-state index in [-0.39, 0.29) is 6.61 Å². The van der Waals surface area contributed by atoms with Crippen LogP contribution in [0.1, 0.15) is 16.8 Å². The van der Waals surface area contributed by atoms with E-state index in [2.05, 4.69) is 4.98 Å². The molecule has 3 rings (SSSR count). The number of oxazole rings is 1.